The van der Waals surface area contributed by atoms with Crippen LogP contribution in [0, 0.1) is 5.82 Å². The number of hydrogen-bond acceptors (Lipinski definition) is 3. The summed E-state index contributed by atoms with van der Waals surface area (Å²) in [6, 6.07) is 3.75. The molecular weight excluding hydrogens is 249 g/mol. The molecule has 2 amide bonds. The molecule has 5 nitrogen and oxygen atoms in total. The van der Waals surface area contributed by atoms with E-state index in [1.165, 1.54) is 19.1 Å². The maximum Gasteiger partial charge on any atom is 0.256 e. The van der Waals surface area contributed by atoms with Crippen molar-refractivity contribution in [3.63, 3.8) is 0 Å². The smallest absolute Gasteiger partial charge is 0.256 e. The summed E-state index contributed by atoms with van der Waals surface area (Å²) in [5, 5.41) is 0. The fraction of sp³-hybridized carbons (Fsp3) is 0.385. The predicted molar refractivity (Wildman–Crippen MR) is 69.0 cm³/mol. The molecule has 1 aliphatic heterocycles. The lowest BCUT2D eigenvalue weighted by atomic mass is 10.1. The van der Waals surface area contributed by atoms with Crippen LogP contribution in [0.4, 0.5) is 10.1 Å². The van der Waals surface area contributed by atoms with Gasteiger partial charge in [-0.2, -0.15) is 0 Å². The van der Waals surface area contributed by atoms with Gasteiger partial charge in [-0.25, -0.2) is 4.39 Å². The second kappa shape index (κ2) is 5.26. The Morgan fingerprint density at radius 2 is 1.74 bits per heavy atom. The summed E-state index contributed by atoms with van der Waals surface area (Å²) in [5.74, 6) is -0.676. The van der Waals surface area contributed by atoms with Gasteiger partial charge in [0.2, 0.25) is 5.91 Å². The van der Waals surface area contributed by atoms with Gasteiger partial charge in [0.05, 0.1) is 5.56 Å². The third-order valence-electron chi connectivity index (χ3n) is 3.26. The van der Waals surface area contributed by atoms with E-state index in [0.29, 0.717) is 31.7 Å². The number of piperazine rings is 1. The molecule has 102 valence electrons. The number of hydrogen-bond donors (Lipinski definition) is 1. The Kier molecular flexibility index (Phi) is 3.69. The van der Waals surface area contributed by atoms with Crippen molar-refractivity contribution in [1.29, 1.82) is 0 Å². The van der Waals surface area contributed by atoms with Crippen LogP contribution < -0.4 is 5.73 Å². The number of benzene rings is 1. The molecule has 2 N–H and O–H groups in total. The van der Waals surface area contributed by atoms with Crippen LogP contribution >= 0.6 is 0 Å². The van der Waals surface area contributed by atoms with Crippen LogP contribution in [-0.4, -0.2) is 47.8 Å². The van der Waals surface area contributed by atoms with Gasteiger partial charge >= 0.3 is 0 Å². The Labute approximate surface area is 110 Å². The molecule has 2 rings (SSSR count). The Bertz CT molecular complexity index is 511. The highest BCUT2D eigenvalue weighted by atomic mass is 19.1. The van der Waals surface area contributed by atoms with Crippen molar-refractivity contribution in [2.45, 2.75) is 6.92 Å². The molecule has 1 heterocycles. The molecule has 0 aromatic heterocycles. The summed E-state index contributed by atoms with van der Waals surface area (Å²) in [6.07, 6.45) is 0. The second-order valence-corrected chi connectivity index (χ2v) is 4.53. The van der Waals surface area contributed by atoms with E-state index in [1.807, 2.05) is 0 Å². The first-order valence-corrected chi connectivity index (χ1v) is 6.09. The minimum absolute atomic E-state index is 0.00777. The number of anilines is 1. The monoisotopic (exact) mass is 265 g/mol. The molecule has 0 unspecified atom stereocenters. The summed E-state index contributed by atoms with van der Waals surface area (Å²) in [6.45, 7) is 3.48. The molecule has 0 bridgehead atoms. The van der Waals surface area contributed by atoms with E-state index in [4.69, 9.17) is 5.73 Å². The van der Waals surface area contributed by atoms with Crippen molar-refractivity contribution in [2.75, 3.05) is 31.9 Å². The van der Waals surface area contributed by atoms with Gasteiger partial charge in [0.25, 0.3) is 5.91 Å². The van der Waals surface area contributed by atoms with Gasteiger partial charge in [-0.3, -0.25) is 9.59 Å². The number of nitrogens with zero attached hydrogens (tertiary/aromatic N) is 2. The highest BCUT2D eigenvalue weighted by Gasteiger charge is 2.24. The van der Waals surface area contributed by atoms with Crippen LogP contribution in [0.3, 0.4) is 0 Å². The Balaban J connectivity index is 2.07. The number of amides is 2. The van der Waals surface area contributed by atoms with Gasteiger partial charge in [-0.15, -0.1) is 0 Å². The zero-order valence-corrected chi connectivity index (χ0v) is 10.7. The SMILES string of the molecule is CC(=O)N1CCN(C(=O)c2ccc(F)cc2N)CC1. The molecule has 0 saturated carbocycles. The molecule has 0 atom stereocenters. The molecule has 6 heteroatoms. The minimum Gasteiger partial charge on any atom is -0.398 e. The molecule has 1 aliphatic rings. The van der Waals surface area contributed by atoms with E-state index in [1.54, 1.807) is 9.80 Å². The van der Waals surface area contributed by atoms with Crippen molar-refractivity contribution in [3.8, 4) is 0 Å². The number of rotatable bonds is 1. The normalized spacial score (nSPS) is 15.5. The van der Waals surface area contributed by atoms with Crippen molar-refractivity contribution in [3.05, 3.63) is 29.6 Å². The van der Waals surface area contributed by atoms with E-state index in [2.05, 4.69) is 0 Å². The van der Waals surface area contributed by atoms with Crippen molar-refractivity contribution >= 4 is 17.5 Å². The van der Waals surface area contributed by atoms with Crippen LogP contribution in [0.2, 0.25) is 0 Å². The van der Waals surface area contributed by atoms with Crippen LogP contribution in [0.15, 0.2) is 18.2 Å². The molecule has 1 saturated heterocycles. The van der Waals surface area contributed by atoms with E-state index in [9.17, 15) is 14.0 Å². The van der Waals surface area contributed by atoms with Crippen LogP contribution in [0.25, 0.3) is 0 Å². The van der Waals surface area contributed by atoms with Gasteiger partial charge in [0.1, 0.15) is 5.82 Å². The lowest BCUT2D eigenvalue weighted by molar-refractivity contribution is -0.130. The summed E-state index contributed by atoms with van der Waals surface area (Å²) in [4.78, 5) is 26.7. The third kappa shape index (κ3) is 2.83. The first-order chi connectivity index (χ1) is 8.99. The maximum atomic E-state index is 12.9. The maximum absolute atomic E-state index is 12.9. The lowest BCUT2D eigenvalue weighted by Gasteiger charge is -2.34. The quantitative estimate of drug-likeness (QED) is 0.761. The second-order valence-electron chi connectivity index (χ2n) is 4.53. The van der Waals surface area contributed by atoms with Gasteiger partial charge in [0.15, 0.2) is 0 Å². The minimum atomic E-state index is -0.463. The average molecular weight is 265 g/mol. The van der Waals surface area contributed by atoms with Crippen molar-refractivity contribution in [1.82, 2.24) is 9.80 Å². The number of nitrogens with two attached hydrogens (primary N) is 1. The molecule has 0 aliphatic carbocycles. The number of halogens is 1. The Morgan fingerprint density at radius 3 is 2.26 bits per heavy atom. The van der Waals surface area contributed by atoms with E-state index in [-0.39, 0.29) is 17.5 Å². The highest BCUT2D eigenvalue weighted by Crippen LogP contribution is 2.17. The van der Waals surface area contributed by atoms with E-state index >= 15 is 0 Å². The fourth-order valence-corrected chi connectivity index (χ4v) is 2.12. The average Bonchev–Trinajstić information content (AvgIpc) is 2.38. The van der Waals surface area contributed by atoms with Crippen LogP contribution in [-0.2, 0) is 4.79 Å². The molecule has 1 fully saturated rings. The van der Waals surface area contributed by atoms with Crippen LogP contribution in [0.5, 0.6) is 0 Å². The van der Waals surface area contributed by atoms with Crippen molar-refractivity contribution in [2.24, 2.45) is 0 Å². The molecule has 19 heavy (non-hydrogen) atoms. The predicted octanol–water partition coefficient (Wildman–Crippen LogP) is 0.712. The van der Waals surface area contributed by atoms with Gasteiger partial charge in [-0.1, -0.05) is 0 Å². The van der Waals surface area contributed by atoms with Crippen LogP contribution in [0.1, 0.15) is 17.3 Å². The number of carbonyl (C=O) groups excluding carboxylic acids is 2. The zero-order chi connectivity index (χ0) is 14.0. The highest BCUT2D eigenvalue weighted by molar-refractivity contribution is 5.99. The molecule has 1 aromatic rings. The number of nitrogen functional groups attached to an aromatic ring is 1. The molecule has 0 spiro atoms. The first kappa shape index (κ1) is 13.3. The topological polar surface area (TPSA) is 66.6 Å². The summed E-state index contributed by atoms with van der Waals surface area (Å²) in [5.41, 5.74) is 6.09. The summed E-state index contributed by atoms with van der Waals surface area (Å²) >= 11 is 0. The Hall–Kier alpha value is -2.11. The first-order valence-electron chi connectivity index (χ1n) is 6.09. The molecule has 0 radical (unpaired) electrons. The van der Waals surface area contributed by atoms with Gasteiger partial charge in [0, 0.05) is 38.8 Å². The molecular formula is C13H16FN3O2. The number of carbonyl (C=O) groups is 2. The van der Waals surface area contributed by atoms with Crippen molar-refractivity contribution < 1.29 is 14.0 Å². The standard InChI is InChI=1S/C13H16FN3O2/c1-9(18)16-4-6-17(7-5-16)13(19)11-3-2-10(14)8-12(11)15/h2-3,8H,4-7,15H2,1H3. The lowest BCUT2D eigenvalue weighted by Crippen LogP contribution is -2.50. The summed E-state index contributed by atoms with van der Waals surface area (Å²) in [7, 11) is 0. The van der Waals surface area contributed by atoms with Gasteiger partial charge in [-0.05, 0) is 18.2 Å². The van der Waals surface area contributed by atoms with Gasteiger partial charge < -0.3 is 15.5 Å². The largest absolute Gasteiger partial charge is 0.398 e. The molecule has 1 aromatic carbocycles. The Morgan fingerprint density at radius 1 is 1.16 bits per heavy atom. The fourth-order valence-electron chi connectivity index (χ4n) is 2.12. The zero-order valence-electron chi connectivity index (χ0n) is 10.7. The van der Waals surface area contributed by atoms with E-state index in [0.717, 1.165) is 6.07 Å². The van der Waals surface area contributed by atoms with E-state index < -0.39 is 5.82 Å². The third-order valence-corrected chi connectivity index (χ3v) is 3.26. The summed E-state index contributed by atoms with van der Waals surface area (Å²) < 4.78 is 12.9.